The molecular formula is C16H19BrO2. The molecule has 0 N–H and O–H groups in total. The van der Waals surface area contributed by atoms with E-state index in [-0.39, 0.29) is 11.5 Å². The second-order valence-electron chi connectivity index (χ2n) is 5.84. The zero-order chi connectivity index (χ0) is 13.3. The molecule has 1 saturated carbocycles. The van der Waals surface area contributed by atoms with Crippen LogP contribution >= 0.6 is 15.9 Å². The van der Waals surface area contributed by atoms with Crippen molar-refractivity contribution in [2.24, 2.45) is 5.92 Å². The number of hydrogen-bond acceptors (Lipinski definition) is 2. The van der Waals surface area contributed by atoms with E-state index >= 15 is 0 Å². The van der Waals surface area contributed by atoms with Gasteiger partial charge < -0.3 is 4.74 Å². The Hall–Kier alpha value is -0.670. The number of Topliss-reactive ketones (excluding diaryl/α,β-unsaturated/α-hetero) is 1. The zero-order valence-corrected chi connectivity index (χ0v) is 12.6. The molecule has 1 aromatic carbocycles. The largest absolute Gasteiger partial charge is 0.375 e. The normalized spacial score (nSPS) is 25.0. The third-order valence-corrected chi connectivity index (χ3v) is 5.03. The number of hydrogen-bond donors (Lipinski definition) is 0. The summed E-state index contributed by atoms with van der Waals surface area (Å²) in [5.74, 6) is 0.592. The van der Waals surface area contributed by atoms with Gasteiger partial charge in [-0.25, -0.2) is 0 Å². The third kappa shape index (κ3) is 2.92. The highest BCUT2D eigenvalue weighted by Gasteiger charge is 2.44. The lowest BCUT2D eigenvalue weighted by Gasteiger charge is -2.46. The number of carbonyl (C=O) groups is 1. The van der Waals surface area contributed by atoms with Crippen LogP contribution in [0, 0.1) is 5.92 Å². The van der Waals surface area contributed by atoms with Crippen LogP contribution < -0.4 is 0 Å². The average molecular weight is 323 g/mol. The van der Waals surface area contributed by atoms with E-state index in [4.69, 9.17) is 4.74 Å². The minimum atomic E-state index is 0.0678. The molecule has 1 atom stereocenters. The van der Waals surface area contributed by atoms with Crippen LogP contribution in [-0.2, 0) is 16.0 Å². The smallest absolute Gasteiger partial charge is 0.140 e. The fourth-order valence-electron chi connectivity index (χ4n) is 3.17. The quantitative estimate of drug-likeness (QED) is 0.843. The van der Waals surface area contributed by atoms with Crippen molar-refractivity contribution in [3.63, 3.8) is 0 Å². The first-order chi connectivity index (χ1) is 9.17. The van der Waals surface area contributed by atoms with E-state index in [9.17, 15) is 4.79 Å². The van der Waals surface area contributed by atoms with Gasteiger partial charge in [-0.1, -0.05) is 28.1 Å². The van der Waals surface area contributed by atoms with E-state index in [1.807, 2.05) is 24.3 Å². The lowest BCUT2D eigenvalue weighted by molar-refractivity contribution is -0.155. The third-order valence-electron chi connectivity index (χ3n) is 4.50. The van der Waals surface area contributed by atoms with Crippen molar-refractivity contribution in [3.05, 3.63) is 34.3 Å². The van der Waals surface area contributed by atoms with Crippen molar-refractivity contribution in [2.45, 2.75) is 44.1 Å². The van der Waals surface area contributed by atoms with E-state index in [1.165, 1.54) is 6.42 Å². The number of rotatable bonds is 3. The highest BCUT2D eigenvalue weighted by Crippen LogP contribution is 2.44. The monoisotopic (exact) mass is 322 g/mol. The highest BCUT2D eigenvalue weighted by molar-refractivity contribution is 9.10. The number of benzene rings is 1. The zero-order valence-electron chi connectivity index (χ0n) is 11.0. The Morgan fingerprint density at radius 1 is 1.32 bits per heavy atom. The van der Waals surface area contributed by atoms with Crippen LogP contribution in [-0.4, -0.2) is 18.0 Å². The second kappa shape index (κ2) is 5.37. The molecule has 0 amide bonds. The van der Waals surface area contributed by atoms with Gasteiger partial charge in [0.2, 0.25) is 0 Å². The molecule has 1 aliphatic heterocycles. The summed E-state index contributed by atoms with van der Waals surface area (Å²) in [4.78, 5) is 12.4. The molecule has 102 valence electrons. The van der Waals surface area contributed by atoms with Crippen molar-refractivity contribution >= 4 is 21.7 Å². The van der Waals surface area contributed by atoms with E-state index in [2.05, 4.69) is 15.9 Å². The summed E-state index contributed by atoms with van der Waals surface area (Å²) < 4.78 is 6.95. The topological polar surface area (TPSA) is 26.3 Å². The van der Waals surface area contributed by atoms with Crippen LogP contribution in [0.4, 0.5) is 0 Å². The molecule has 2 aliphatic rings. The molecule has 2 fully saturated rings. The lowest BCUT2D eigenvalue weighted by atomic mass is 9.71. The molecule has 0 bridgehead atoms. The van der Waals surface area contributed by atoms with Gasteiger partial charge in [0.25, 0.3) is 0 Å². The average Bonchev–Trinajstić information content (AvgIpc) is 2.40. The predicted octanol–water partition coefficient (Wildman–Crippen LogP) is 3.91. The van der Waals surface area contributed by atoms with Gasteiger partial charge in [0.05, 0.1) is 5.60 Å². The first-order valence-corrected chi connectivity index (χ1v) is 7.87. The van der Waals surface area contributed by atoms with E-state index in [1.54, 1.807) is 0 Å². The van der Waals surface area contributed by atoms with E-state index < -0.39 is 0 Å². The molecule has 19 heavy (non-hydrogen) atoms. The fraction of sp³-hybridized carbons (Fsp3) is 0.562. The molecule has 1 aliphatic carbocycles. The Bertz CT molecular complexity index is 462. The van der Waals surface area contributed by atoms with Crippen LogP contribution in [0.5, 0.6) is 0 Å². The molecule has 1 unspecified atom stereocenters. The number of halogens is 1. The Labute approximate surface area is 122 Å². The number of ketones is 1. The van der Waals surface area contributed by atoms with Crippen LogP contribution in [0.25, 0.3) is 0 Å². The van der Waals surface area contributed by atoms with Gasteiger partial charge in [-0.3, -0.25) is 4.79 Å². The van der Waals surface area contributed by atoms with Crippen molar-refractivity contribution in [1.82, 2.24) is 0 Å². The maximum Gasteiger partial charge on any atom is 0.140 e. The second-order valence-corrected chi connectivity index (χ2v) is 6.76. The van der Waals surface area contributed by atoms with Gasteiger partial charge >= 0.3 is 0 Å². The van der Waals surface area contributed by atoms with Crippen molar-refractivity contribution in [1.29, 1.82) is 0 Å². The van der Waals surface area contributed by atoms with Gasteiger partial charge in [0.1, 0.15) is 5.78 Å². The summed E-state index contributed by atoms with van der Waals surface area (Å²) in [6, 6.07) is 8.06. The maximum absolute atomic E-state index is 12.4. The molecule has 1 heterocycles. The highest BCUT2D eigenvalue weighted by atomic mass is 79.9. The van der Waals surface area contributed by atoms with Crippen molar-refractivity contribution in [2.75, 3.05) is 6.61 Å². The fourth-order valence-corrected chi connectivity index (χ4v) is 3.43. The maximum atomic E-state index is 12.4. The number of carbonyl (C=O) groups excluding carboxylic acids is 1. The first kappa shape index (κ1) is 13.3. The lowest BCUT2D eigenvalue weighted by Crippen LogP contribution is -2.47. The SMILES string of the molecule is O=C(Cc1ccc(Br)cc1)C1CCOC2(CCC2)C1. The summed E-state index contributed by atoms with van der Waals surface area (Å²) in [6.45, 7) is 0.761. The molecule has 0 aromatic heterocycles. The Kier molecular flexibility index (Phi) is 3.77. The molecule has 3 heteroatoms. The Balaban J connectivity index is 1.62. The Morgan fingerprint density at radius 3 is 2.68 bits per heavy atom. The molecule has 2 nitrogen and oxygen atoms in total. The molecule has 0 radical (unpaired) electrons. The van der Waals surface area contributed by atoms with Crippen LogP contribution in [0.3, 0.4) is 0 Å². The molecule has 3 rings (SSSR count). The van der Waals surface area contributed by atoms with Crippen molar-refractivity contribution < 1.29 is 9.53 Å². The van der Waals surface area contributed by atoms with Gasteiger partial charge in [-0.05, 0) is 49.8 Å². The molecule has 1 spiro atoms. The van der Waals surface area contributed by atoms with E-state index in [0.717, 1.165) is 42.3 Å². The van der Waals surface area contributed by atoms with Crippen molar-refractivity contribution in [3.8, 4) is 0 Å². The first-order valence-electron chi connectivity index (χ1n) is 7.08. The number of ether oxygens (including phenoxy) is 1. The molecule has 1 saturated heterocycles. The van der Waals surface area contributed by atoms with Gasteiger partial charge in [0.15, 0.2) is 0 Å². The van der Waals surface area contributed by atoms with Crippen LogP contribution in [0.15, 0.2) is 28.7 Å². The summed E-state index contributed by atoms with van der Waals surface area (Å²) in [7, 11) is 0. The van der Waals surface area contributed by atoms with Crippen LogP contribution in [0.2, 0.25) is 0 Å². The Morgan fingerprint density at radius 2 is 2.05 bits per heavy atom. The van der Waals surface area contributed by atoms with Gasteiger partial charge in [0, 0.05) is 23.4 Å². The molecular weight excluding hydrogens is 304 g/mol. The van der Waals surface area contributed by atoms with Crippen LogP contribution in [0.1, 0.15) is 37.7 Å². The van der Waals surface area contributed by atoms with Gasteiger partial charge in [-0.2, -0.15) is 0 Å². The summed E-state index contributed by atoms with van der Waals surface area (Å²) in [5.41, 5.74) is 1.18. The summed E-state index contributed by atoms with van der Waals surface area (Å²) in [6.07, 6.45) is 5.96. The van der Waals surface area contributed by atoms with Gasteiger partial charge in [-0.15, -0.1) is 0 Å². The molecule has 1 aromatic rings. The van der Waals surface area contributed by atoms with E-state index in [0.29, 0.717) is 12.2 Å². The minimum absolute atomic E-state index is 0.0678. The minimum Gasteiger partial charge on any atom is -0.375 e. The standard InChI is InChI=1S/C16H19BrO2/c17-14-4-2-12(3-5-14)10-15(18)13-6-9-19-16(11-13)7-1-8-16/h2-5,13H,1,6-11H2. The summed E-state index contributed by atoms with van der Waals surface area (Å²) in [5, 5.41) is 0. The summed E-state index contributed by atoms with van der Waals surface area (Å²) >= 11 is 3.42. The predicted molar refractivity (Wildman–Crippen MR) is 78.1 cm³/mol.